The Bertz CT molecular complexity index is 458. The summed E-state index contributed by atoms with van der Waals surface area (Å²) in [6.45, 7) is -0.277. The molecule has 7 nitrogen and oxygen atoms in total. The largest absolute Gasteiger partial charge is 0.294 e. The van der Waals surface area contributed by atoms with E-state index in [-0.39, 0.29) is 36.4 Å². The molecule has 0 saturated carbocycles. The van der Waals surface area contributed by atoms with Gasteiger partial charge in [-0.15, -0.1) is 0 Å². The predicted octanol–water partition coefficient (Wildman–Crippen LogP) is 1.83. The molecule has 7 heteroatoms. The summed E-state index contributed by atoms with van der Waals surface area (Å²) in [5.74, 6) is -0.324. The first-order chi connectivity index (χ1) is 8.00. The van der Waals surface area contributed by atoms with E-state index in [0.29, 0.717) is 0 Å². The summed E-state index contributed by atoms with van der Waals surface area (Å²) in [7, 11) is 0. The first-order valence-corrected chi connectivity index (χ1v) is 4.90. The molecule has 0 unspecified atom stereocenters. The fourth-order valence-corrected chi connectivity index (χ4v) is 1.31. The summed E-state index contributed by atoms with van der Waals surface area (Å²) < 4.78 is 0. The third kappa shape index (κ3) is 3.98. The molecule has 0 amide bonds. The van der Waals surface area contributed by atoms with E-state index in [9.17, 15) is 25.0 Å². The van der Waals surface area contributed by atoms with Crippen LogP contribution < -0.4 is 0 Å². The summed E-state index contributed by atoms with van der Waals surface area (Å²) in [6.07, 6.45) is 0.149. The van der Waals surface area contributed by atoms with Gasteiger partial charge in [0.1, 0.15) is 0 Å². The zero-order chi connectivity index (χ0) is 12.8. The SMILES string of the molecule is O=C(CCC[N+](=O)[O-])c1cccc([N+](=O)[O-])c1. The molecule has 90 valence electrons. The molecule has 1 aromatic rings. The van der Waals surface area contributed by atoms with Crippen molar-refractivity contribution in [3.8, 4) is 0 Å². The van der Waals surface area contributed by atoms with E-state index in [2.05, 4.69) is 0 Å². The van der Waals surface area contributed by atoms with Crippen LogP contribution in [0, 0.1) is 20.2 Å². The fraction of sp³-hybridized carbons (Fsp3) is 0.300. The van der Waals surface area contributed by atoms with Crippen LogP contribution in [0.25, 0.3) is 0 Å². The monoisotopic (exact) mass is 238 g/mol. The van der Waals surface area contributed by atoms with E-state index in [1.54, 1.807) is 0 Å². The smallest absolute Gasteiger partial charge is 0.270 e. The maximum absolute atomic E-state index is 11.6. The van der Waals surface area contributed by atoms with Crippen molar-refractivity contribution in [3.05, 3.63) is 50.1 Å². The fourth-order valence-electron chi connectivity index (χ4n) is 1.31. The number of nitrogens with zero attached hydrogens (tertiary/aromatic N) is 2. The van der Waals surface area contributed by atoms with Crippen molar-refractivity contribution in [2.45, 2.75) is 12.8 Å². The Labute approximate surface area is 96.4 Å². The summed E-state index contributed by atoms with van der Waals surface area (Å²) >= 11 is 0. The van der Waals surface area contributed by atoms with E-state index in [4.69, 9.17) is 0 Å². The molecule has 0 spiro atoms. The minimum absolute atomic E-state index is 0.0160. The molecule has 0 aliphatic rings. The van der Waals surface area contributed by atoms with Crippen LogP contribution in [0.2, 0.25) is 0 Å². The Morgan fingerprint density at radius 1 is 1.24 bits per heavy atom. The highest BCUT2D eigenvalue weighted by molar-refractivity contribution is 5.96. The van der Waals surface area contributed by atoms with E-state index in [1.165, 1.54) is 24.3 Å². The maximum atomic E-state index is 11.6. The molecule has 1 rings (SSSR count). The third-order valence-corrected chi connectivity index (χ3v) is 2.12. The summed E-state index contributed by atoms with van der Waals surface area (Å²) in [4.78, 5) is 31.0. The first-order valence-electron chi connectivity index (χ1n) is 4.90. The number of nitro groups is 2. The lowest BCUT2D eigenvalue weighted by Gasteiger charge is -1.99. The van der Waals surface area contributed by atoms with Crippen molar-refractivity contribution in [3.63, 3.8) is 0 Å². The average molecular weight is 238 g/mol. The lowest BCUT2D eigenvalue weighted by molar-refractivity contribution is -0.480. The minimum Gasteiger partial charge on any atom is -0.294 e. The van der Waals surface area contributed by atoms with Crippen molar-refractivity contribution in [1.82, 2.24) is 0 Å². The second-order valence-corrected chi connectivity index (χ2v) is 3.39. The number of rotatable bonds is 6. The van der Waals surface area contributed by atoms with E-state index >= 15 is 0 Å². The summed E-state index contributed by atoms with van der Waals surface area (Å²) in [6, 6.07) is 5.34. The first kappa shape index (κ1) is 12.8. The van der Waals surface area contributed by atoms with Gasteiger partial charge in [0, 0.05) is 35.5 Å². The Kier molecular flexibility index (Phi) is 4.27. The average Bonchev–Trinajstić information content (AvgIpc) is 2.28. The van der Waals surface area contributed by atoms with Crippen molar-refractivity contribution in [1.29, 1.82) is 0 Å². The topological polar surface area (TPSA) is 103 Å². The lowest BCUT2D eigenvalue weighted by Crippen LogP contribution is -2.05. The van der Waals surface area contributed by atoms with Crippen molar-refractivity contribution in [2.24, 2.45) is 0 Å². The predicted molar refractivity (Wildman–Crippen MR) is 58.5 cm³/mol. The Morgan fingerprint density at radius 3 is 2.53 bits per heavy atom. The van der Waals surface area contributed by atoms with Gasteiger partial charge in [0.25, 0.3) is 5.69 Å². The van der Waals surface area contributed by atoms with Gasteiger partial charge in [-0.1, -0.05) is 12.1 Å². The highest BCUT2D eigenvalue weighted by Gasteiger charge is 2.12. The number of hydrogen-bond donors (Lipinski definition) is 0. The summed E-state index contributed by atoms with van der Waals surface area (Å²) in [5, 5.41) is 20.5. The van der Waals surface area contributed by atoms with Crippen molar-refractivity contribution < 1.29 is 14.6 Å². The van der Waals surface area contributed by atoms with Gasteiger partial charge in [-0.2, -0.15) is 0 Å². The number of Topliss-reactive ketones (excluding diaryl/α,β-unsaturated/α-hetero) is 1. The Morgan fingerprint density at radius 2 is 1.94 bits per heavy atom. The molecule has 0 N–H and O–H groups in total. The number of hydrogen-bond acceptors (Lipinski definition) is 5. The Balaban J connectivity index is 2.65. The highest BCUT2D eigenvalue weighted by Crippen LogP contribution is 2.14. The molecule has 0 aliphatic carbocycles. The molecule has 1 aromatic carbocycles. The number of carbonyl (C=O) groups is 1. The van der Waals surface area contributed by atoms with Crippen molar-refractivity contribution in [2.75, 3.05) is 6.54 Å². The molecule has 0 saturated heterocycles. The highest BCUT2D eigenvalue weighted by atomic mass is 16.6. The molecule has 0 atom stereocenters. The molecule has 0 bridgehead atoms. The van der Waals surface area contributed by atoms with Crippen LogP contribution in [0.5, 0.6) is 0 Å². The van der Waals surface area contributed by atoms with Crippen molar-refractivity contribution >= 4 is 11.5 Å². The number of non-ortho nitro benzene ring substituents is 1. The van der Waals surface area contributed by atoms with Gasteiger partial charge in [0.15, 0.2) is 5.78 Å². The van der Waals surface area contributed by atoms with Crippen LogP contribution in [0.3, 0.4) is 0 Å². The van der Waals surface area contributed by atoms with Crippen LogP contribution in [-0.4, -0.2) is 22.2 Å². The van der Waals surface area contributed by atoms with Crippen LogP contribution in [0.1, 0.15) is 23.2 Å². The standard InChI is InChI=1S/C10H10N2O5/c13-10(5-2-6-11(14)15)8-3-1-4-9(7-8)12(16)17/h1,3-4,7H,2,5-6H2. The zero-order valence-corrected chi connectivity index (χ0v) is 8.87. The van der Waals surface area contributed by atoms with Gasteiger partial charge >= 0.3 is 0 Å². The zero-order valence-electron chi connectivity index (χ0n) is 8.87. The molecule has 0 fully saturated rings. The van der Waals surface area contributed by atoms with Gasteiger partial charge < -0.3 is 0 Å². The normalized spacial score (nSPS) is 9.88. The van der Waals surface area contributed by atoms with E-state index < -0.39 is 9.85 Å². The number of ketones is 1. The van der Waals surface area contributed by atoms with Gasteiger partial charge in [0.05, 0.1) is 4.92 Å². The second-order valence-electron chi connectivity index (χ2n) is 3.39. The van der Waals surface area contributed by atoms with Gasteiger partial charge in [-0.25, -0.2) is 0 Å². The van der Waals surface area contributed by atoms with Crippen LogP contribution in [0.15, 0.2) is 24.3 Å². The minimum atomic E-state index is -0.589. The number of nitro benzene ring substituents is 1. The second kappa shape index (κ2) is 5.69. The van der Waals surface area contributed by atoms with Gasteiger partial charge in [-0.05, 0) is 0 Å². The lowest BCUT2D eigenvalue weighted by atomic mass is 10.1. The van der Waals surface area contributed by atoms with Crippen LogP contribution in [-0.2, 0) is 0 Å². The maximum Gasteiger partial charge on any atom is 0.270 e. The third-order valence-electron chi connectivity index (χ3n) is 2.12. The quantitative estimate of drug-likeness (QED) is 0.427. The van der Waals surface area contributed by atoms with E-state index in [0.717, 1.165) is 0 Å². The molecular weight excluding hydrogens is 228 g/mol. The van der Waals surface area contributed by atoms with Gasteiger partial charge in [0.2, 0.25) is 6.54 Å². The van der Waals surface area contributed by atoms with Crippen LogP contribution >= 0.6 is 0 Å². The van der Waals surface area contributed by atoms with E-state index in [1.807, 2.05) is 0 Å². The summed E-state index contributed by atoms with van der Waals surface area (Å²) in [5.41, 5.74) is 0.0488. The number of carbonyl (C=O) groups excluding carboxylic acids is 1. The number of benzene rings is 1. The Hall–Kier alpha value is -2.31. The molecule has 17 heavy (non-hydrogen) atoms. The molecular formula is C10H10N2O5. The molecule has 0 aliphatic heterocycles. The molecule has 0 heterocycles. The molecule has 0 radical (unpaired) electrons. The van der Waals surface area contributed by atoms with Gasteiger partial charge in [-0.3, -0.25) is 25.0 Å². The van der Waals surface area contributed by atoms with Crippen LogP contribution in [0.4, 0.5) is 5.69 Å². The molecule has 0 aromatic heterocycles.